The summed E-state index contributed by atoms with van der Waals surface area (Å²) in [5.41, 5.74) is 2.14. The highest BCUT2D eigenvalue weighted by atomic mass is 16.5. The van der Waals surface area contributed by atoms with Crippen molar-refractivity contribution in [2.75, 3.05) is 7.11 Å². The highest BCUT2D eigenvalue weighted by Crippen LogP contribution is 2.41. The van der Waals surface area contributed by atoms with Gasteiger partial charge in [0.05, 0.1) is 12.7 Å². The summed E-state index contributed by atoms with van der Waals surface area (Å²) < 4.78 is 5.63. The second kappa shape index (κ2) is 8.23. The van der Waals surface area contributed by atoms with Crippen LogP contribution in [0.2, 0.25) is 0 Å². The van der Waals surface area contributed by atoms with Gasteiger partial charge in [-0.2, -0.15) is 0 Å². The number of Topliss-reactive ketones (excluding diaryl/α,β-unsaturated/α-hetero) is 1. The predicted octanol–water partition coefficient (Wildman–Crippen LogP) is 5.86. The van der Waals surface area contributed by atoms with Crippen molar-refractivity contribution in [1.82, 2.24) is 4.90 Å². The van der Waals surface area contributed by atoms with Gasteiger partial charge in [0.15, 0.2) is 5.78 Å². The Balaban J connectivity index is 1.43. The Morgan fingerprint density at radius 3 is 2.37 bits per heavy atom. The molecule has 0 N–H and O–H groups in total. The molecular weight excluding hydrogens is 370 g/mol. The Labute approximate surface area is 178 Å². The second-order valence-corrected chi connectivity index (χ2v) is 8.79. The Bertz CT molecular complexity index is 1030. The first-order valence-electron chi connectivity index (χ1n) is 11.1. The molecule has 2 bridgehead atoms. The molecule has 0 aliphatic carbocycles. The monoisotopic (exact) mass is 399 g/mol. The number of hydrogen-bond donors (Lipinski definition) is 0. The third-order valence-corrected chi connectivity index (χ3v) is 7.06. The van der Waals surface area contributed by atoms with Gasteiger partial charge in [-0.05, 0) is 48.1 Å². The maximum absolute atomic E-state index is 13.8. The number of hydrogen-bond acceptors (Lipinski definition) is 3. The molecule has 0 aromatic heterocycles. The van der Waals surface area contributed by atoms with E-state index in [1.54, 1.807) is 7.11 Å². The van der Waals surface area contributed by atoms with Crippen molar-refractivity contribution in [3.8, 4) is 5.75 Å². The van der Waals surface area contributed by atoms with E-state index in [1.165, 1.54) is 24.8 Å². The average Bonchev–Trinajstić information content (AvgIpc) is 2.78. The van der Waals surface area contributed by atoms with Gasteiger partial charge in [-0.15, -0.1) is 0 Å². The zero-order chi connectivity index (χ0) is 20.5. The summed E-state index contributed by atoms with van der Waals surface area (Å²) >= 11 is 0. The number of piperidine rings is 2. The van der Waals surface area contributed by atoms with Crippen LogP contribution in [0.15, 0.2) is 66.7 Å². The summed E-state index contributed by atoms with van der Waals surface area (Å²) in [5.74, 6) is 1.04. The minimum atomic E-state index is 0.0760. The van der Waals surface area contributed by atoms with Crippen LogP contribution in [0.4, 0.5) is 0 Å². The number of fused-ring (bicyclic) bond motifs is 3. The number of carbonyl (C=O) groups is 1. The van der Waals surface area contributed by atoms with Crippen LogP contribution in [-0.2, 0) is 6.54 Å². The number of ether oxygens (including phenoxy) is 1. The molecule has 3 heteroatoms. The third-order valence-electron chi connectivity index (χ3n) is 7.06. The van der Waals surface area contributed by atoms with Crippen molar-refractivity contribution in [3.63, 3.8) is 0 Å². The van der Waals surface area contributed by atoms with Crippen LogP contribution in [0, 0.1) is 5.92 Å². The first-order valence-corrected chi connectivity index (χ1v) is 11.1. The highest BCUT2D eigenvalue weighted by molar-refractivity contribution is 6.11. The lowest BCUT2D eigenvalue weighted by molar-refractivity contribution is 0.00904. The zero-order valence-corrected chi connectivity index (χ0v) is 17.6. The fourth-order valence-corrected chi connectivity index (χ4v) is 5.62. The van der Waals surface area contributed by atoms with E-state index < -0.39 is 0 Å². The van der Waals surface area contributed by atoms with Crippen LogP contribution in [-0.4, -0.2) is 29.9 Å². The molecule has 3 aromatic rings. The molecule has 0 saturated carbocycles. The number of methoxy groups -OCH3 is 1. The van der Waals surface area contributed by atoms with Crippen molar-refractivity contribution < 1.29 is 9.53 Å². The standard InChI is InChI=1S/C27H29NO2/c1-30-25-15-14-20-10-5-6-13-24(20)26(25)27(29)21-16-22-11-7-12-23(17-21)28(22)18-19-8-3-2-4-9-19/h2-6,8-10,13-15,21-23H,7,11-12,16-18H2,1H3. The smallest absolute Gasteiger partial charge is 0.170 e. The summed E-state index contributed by atoms with van der Waals surface area (Å²) in [6.45, 7) is 0.995. The van der Waals surface area contributed by atoms with E-state index in [0.29, 0.717) is 17.8 Å². The topological polar surface area (TPSA) is 29.5 Å². The Kier molecular flexibility index (Phi) is 5.30. The van der Waals surface area contributed by atoms with Gasteiger partial charge in [-0.3, -0.25) is 9.69 Å². The summed E-state index contributed by atoms with van der Waals surface area (Å²) in [6, 6.07) is 23.9. The van der Waals surface area contributed by atoms with Crippen LogP contribution >= 0.6 is 0 Å². The number of rotatable bonds is 5. The molecule has 2 fully saturated rings. The first kappa shape index (κ1) is 19.3. The highest BCUT2D eigenvalue weighted by Gasteiger charge is 2.41. The van der Waals surface area contributed by atoms with Crippen molar-refractivity contribution in [2.45, 2.75) is 50.7 Å². The Morgan fingerprint density at radius 1 is 0.933 bits per heavy atom. The largest absolute Gasteiger partial charge is 0.496 e. The molecule has 0 spiro atoms. The van der Waals surface area contributed by atoms with Crippen LogP contribution in [0.3, 0.4) is 0 Å². The van der Waals surface area contributed by atoms with Gasteiger partial charge in [0.2, 0.25) is 0 Å². The van der Waals surface area contributed by atoms with Crippen LogP contribution in [0.5, 0.6) is 5.75 Å². The van der Waals surface area contributed by atoms with Gasteiger partial charge in [0.1, 0.15) is 5.75 Å². The maximum Gasteiger partial charge on any atom is 0.170 e. The fourth-order valence-electron chi connectivity index (χ4n) is 5.62. The molecule has 2 aliphatic heterocycles. The van der Waals surface area contributed by atoms with Crippen molar-refractivity contribution in [1.29, 1.82) is 0 Å². The lowest BCUT2D eigenvalue weighted by Gasteiger charge is -2.48. The van der Waals surface area contributed by atoms with Crippen molar-refractivity contribution >= 4 is 16.6 Å². The number of carbonyl (C=O) groups excluding carboxylic acids is 1. The van der Waals surface area contributed by atoms with E-state index in [1.807, 2.05) is 24.3 Å². The van der Waals surface area contributed by atoms with E-state index >= 15 is 0 Å². The molecule has 3 nitrogen and oxygen atoms in total. The molecule has 0 radical (unpaired) electrons. The summed E-state index contributed by atoms with van der Waals surface area (Å²) in [5, 5.41) is 2.11. The zero-order valence-electron chi connectivity index (χ0n) is 17.6. The number of nitrogens with zero attached hydrogens (tertiary/aromatic N) is 1. The minimum absolute atomic E-state index is 0.0760. The van der Waals surface area contributed by atoms with Gasteiger partial charge in [0, 0.05) is 24.5 Å². The minimum Gasteiger partial charge on any atom is -0.496 e. The van der Waals surface area contributed by atoms with Crippen molar-refractivity contribution in [2.24, 2.45) is 5.92 Å². The molecular formula is C27H29NO2. The summed E-state index contributed by atoms with van der Waals surface area (Å²) in [7, 11) is 1.66. The molecule has 5 rings (SSSR count). The second-order valence-electron chi connectivity index (χ2n) is 8.79. The molecule has 2 atom stereocenters. The SMILES string of the molecule is COc1ccc2ccccc2c1C(=O)C1CC2CCCC(C1)N2Cc1ccccc1. The molecule has 2 aliphatic rings. The molecule has 0 amide bonds. The number of ketones is 1. The third kappa shape index (κ3) is 3.52. The molecule has 3 aromatic carbocycles. The number of benzene rings is 3. The lowest BCUT2D eigenvalue weighted by Crippen LogP contribution is -2.52. The van der Waals surface area contributed by atoms with E-state index in [-0.39, 0.29) is 11.7 Å². The lowest BCUT2D eigenvalue weighted by atomic mass is 9.75. The quantitative estimate of drug-likeness (QED) is 0.503. The first-order chi connectivity index (χ1) is 14.7. The van der Waals surface area contributed by atoms with E-state index in [9.17, 15) is 4.79 Å². The molecule has 2 heterocycles. The average molecular weight is 400 g/mol. The van der Waals surface area contributed by atoms with E-state index in [2.05, 4.69) is 47.4 Å². The fraction of sp³-hybridized carbons (Fsp3) is 0.370. The van der Waals surface area contributed by atoms with Gasteiger partial charge in [-0.25, -0.2) is 0 Å². The van der Waals surface area contributed by atoms with Gasteiger partial charge < -0.3 is 4.74 Å². The van der Waals surface area contributed by atoms with Gasteiger partial charge >= 0.3 is 0 Å². The van der Waals surface area contributed by atoms with Crippen LogP contribution < -0.4 is 4.74 Å². The Morgan fingerprint density at radius 2 is 1.63 bits per heavy atom. The van der Waals surface area contributed by atoms with Crippen molar-refractivity contribution in [3.05, 3.63) is 77.9 Å². The summed E-state index contributed by atoms with van der Waals surface area (Å²) in [4.78, 5) is 16.5. The normalized spacial score (nSPS) is 24.0. The molecule has 2 saturated heterocycles. The van der Waals surface area contributed by atoms with Crippen LogP contribution in [0.1, 0.15) is 48.0 Å². The maximum atomic E-state index is 13.8. The van der Waals surface area contributed by atoms with Gasteiger partial charge in [0.25, 0.3) is 0 Å². The van der Waals surface area contributed by atoms with Crippen LogP contribution in [0.25, 0.3) is 10.8 Å². The van der Waals surface area contributed by atoms with E-state index in [0.717, 1.165) is 35.7 Å². The molecule has 154 valence electrons. The molecule has 30 heavy (non-hydrogen) atoms. The van der Waals surface area contributed by atoms with E-state index in [4.69, 9.17) is 4.74 Å². The van der Waals surface area contributed by atoms with Gasteiger partial charge in [-0.1, -0.05) is 67.1 Å². The molecule has 2 unspecified atom stereocenters. The predicted molar refractivity (Wildman–Crippen MR) is 121 cm³/mol. The Hall–Kier alpha value is -2.65. The summed E-state index contributed by atoms with van der Waals surface area (Å²) in [6.07, 6.45) is 5.57.